The summed E-state index contributed by atoms with van der Waals surface area (Å²) in [5.74, 6) is 0.0765. The Balaban J connectivity index is 1.93. The highest BCUT2D eigenvalue weighted by Crippen LogP contribution is 2.20. The molecule has 1 atom stereocenters. The highest BCUT2D eigenvalue weighted by atomic mass is 16.2. The van der Waals surface area contributed by atoms with Gasteiger partial charge < -0.3 is 10.7 Å². The molecule has 86 valence electrons. The van der Waals surface area contributed by atoms with Crippen LogP contribution in [0.15, 0.2) is 35.5 Å². The number of nitrogens with zero attached hydrogens (tertiary/aromatic N) is 1. The molecule has 5 nitrogen and oxygen atoms in total. The van der Waals surface area contributed by atoms with Crippen LogP contribution in [-0.4, -0.2) is 22.9 Å². The van der Waals surface area contributed by atoms with Crippen molar-refractivity contribution >= 4 is 22.8 Å². The van der Waals surface area contributed by atoms with Crippen LogP contribution in [0.25, 0.3) is 10.9 Å². The first-order chi connectivity index (χ1) is 8.24. The zero-order chi connectivity index (χ0) is 11.8. The lowest BCUT2D eigenvalue weighted by atomic mass is 10.1. The summed E-state index contributed by atoms with van der Waals surface area (Å²) in [6.07, 6.45) is 2.48. The number of para-hydroxylation sites is 1. The smallest absolute Gasteiger partial charge is 0.251 e. The Morgan fingerprint density at radius 2 is 2.18 bits per heavy atom. The van der Waals surface area contributed by atoms with Crippen molar-refractivity contribution in [1.82, 2.24) is 10.3 Å². The van der Waals surface area contributed by atoms with E-state index in [1.807, 2.05) is 30.5 Å². The van der Waals surface area contributed by atoms with Gasteiger partial charge in [-0.1, -0.05) is 18.2 Å². The molecule has 1 aliphatic heterocycles. The van der Waals surface area contributed by atoms with Gasteiger partial charge in [-0.15, -0.1) is 0 Å². The van der Waals surface area contributed by atoms with Crippen molar-refractivity contribution in [3.05, 3.63) is 36.0 Å². The van der Waals surface area contributed by atoms with Crippen LogP contribution in [0, 0.1) is 0 Å². The molecule has 1 aromatic carbocycles. The molecule has 4 N–H and O–H groups in total. The molecule has 2 heterocycles. The lowest BCUT2D eigenvalue weighted by Gasteiger charge is -2.02. The van der Waals surface area contributed by atoms with Gasteiger partial charge in [0.05, 0.1) is 0 Å². The average molecular weight is 228 g/mol. The number of hydrogen-bond donors (Lipinski definition) is 3. The highest BCUT2D eigenvalue weighted by molar-refractivity contribution is 6.04. The van der Waals surface area contributed by atoms with Crippen LogP contribution < -0.4 is 11.1 Å². The second kappa shape index (κ2) is 3.62. The second-order valence-corrected chi connectivity index (χ2v) is 4.08. The van der Waals surface area contributed by atoms with Crippen molar-refractivity contribution in [1.29, 1.82) is 0 Å². The van der Waals surface area contributed by atoms with E-state index in [9.17, 15) is 4.79 Å². The molecule has 5 heteroatoms. The van der Waals surface area contributed by atoms with E-state index in [4.69, 9.17) is 5.73 Å². The number of nitrogens with two attached hydrogens (primary N) is 1. The van der Waals surface area contributed by atoms with Gasteiger partial charge in [-0.25, -0.2) is 4.99 Å². The molecule has 0 unspecified atom stereocenters. The third-order valence-corrected chi connectivity index (χ3v) is 2.94. The first-order valence-electron chi connectivity index (χ1n) is 5.43. The van der Waals surface area contributed by atoms with E-state index in [0.717, 1.165) is 16.5 Å². The minimum Gasteiger partial charge on any atom is -0.370 e. The van der Waals surface area contributed by atoms with Crippen molar-refractivity contribution in [2.75, 3.05) is 0 Å². The van der Waals surface area contributed by atoms with Crippen LogP contribution in [0.2, 0.25) is 0 Å². The van der Waals surface area contributed by atoms with Crippen molar-refractivity contribution in [3.63, 3.8) is 0 Å². The monoisotopic (exact) mass is 228 g/mol. The number of aromatic amines is 1. The molecular weight excluding hydrogens is 216 g/mol. The van der Waals surface area contributed by atoms with E-state index < -0.39 is 6.04 Å². The van der Waals surface area contributed by atoms with Gasteiger partial charge in [-0.2, -0.15) is 0 Å². The fourth-order valence-electron chi connectivity index (χ4n) is 2.12. The minimum absolute atomic E-state index is 0.132. The molecule has 0 radical (unpaired) electrons. The van der Waals surface area contributed by atoms with Gasteiger partial charge in [0.2, 0.25) is 0 Å². The Bertz CT molecular complexity index is 614. The molecule has 0 saturated carbocycles. The molecule has 1 aliphatic rings. The van der Waals surface area contributed by atoms with Crippen LogP contribution in [0.4, 0.5) is 0 Å². The maximum Gasteiger partial charge on any atom is 0.251 e. The largest absolute Gasteiger partial charge is 0.370 e. The van der Waals surface area contributed by atoms with Gasteiger partial charge in [0.1, 0.15) is 6.04 Å². The highest BCUT2D eigenvalue weighted by Gasteiger charge is 2.25. The topological polar surface area (TPSA) is 83.3 Å². The zero-order valence-electron chi connectivity index (χ0n) is 9.10. The molecular formula is C12H12N4O. The fourth-order valence-corrected chi connectivity index (χ4v) is 2.12. The molecule has 0 saturated heterocycles. The number of amides is 1. The summed E-state index contributed by atoms with van der Waals surface area (Å²) in [6.45, 7) is 0. The number of nitrogens with one attached hydrogen (secondary N) is 2. The number of aliphatic imine (C=N–C) groups is 1. The van der Waals surface area contributed by atoms with E-state index in [1.165, 1.54) is 0 Å². The first kappa shape index (κ1) is 9.89. The summed E-state index contributed by atoms with van der Waals surface area (Å²) in [5.41, 5.74) is 7.62. The van der Waals surface area contributed by atoms with E-state index >= 15 is 0 Å². The number of rotatable bonds is 2. The number of benzene rings is 1. The standard InChI is InChI=1S/C12H12N4O/c13-12-15-10(11(17)16-12)5-7-6-14-9-4-2-1-3-8(7)9/h1-4,6,10,14H,5H2,(H3,13,15,16,17)/t10-/m1/s1. The van der Waals surface area contributed by atoms with Gasteiger partial charge in [-0.3, -0.25) is 10.1 Å². The third kappa shape index (κ3) is 1.65. The van der Waals surface area contributed by atoms with Crippen molar-refractivity contribution in [2.24, 2.45) is 10.7 Å². The number of fused-ring (bicyclic) bond motifs is 1. The second-order valence-electron chi connectivity index (χ2n) is 4.08. The summed E-state index contributed by atoms with van der Waals surface area (Å²) in [6, 6.07) is 7.58. The Labute approximate surface area is 97.7 Å². The van der Waals surface area contributed by atoms with E-state index in [-0.39, 0.29) is 11.9 Å². The van der Waals surface area contributed by atoms with Gasteiger partial charge >= 0.3 is 0 Å². The summed E-state index contributed by atoms with van der Waals surface area (Å²) in [4.78, 5) is 18.8. The summed E-state index contributed by atoms with van der Waals surface area (Å²) in [7, 11) is 0. The summed E-state index contributed by atoms with van der Waals surface area (Å²) in [5, 5.41) is 3.63. The molecule has 1 aromatic heterocycles. The lowest BCUT2D eigenvalue weighted by molar-refractivity contribution is -0.120. The Hall–Kier alpha value is -2.30. The molecule has 0 aliphatic carbocycles. The lowest BCUT2D eigenvalue weighted by Crippen LogP contribution is -2.33. The Kier molecular flexibility index (Phi) is 2.11. The Morgan fingerprint density at radius 1 is 1.35 bits per heavy atom. The van der Waals surface area contributed by atoms with Gasteiger partial charge in [0.15, 0.2) is 5.96 Å². The molecule has 0 spiro atoms. The maximum atomic E-state index is 11.5. The number of hydrogen-bond acceptors (Lipinski definition) is 3. The zero-order valence-corrected chi connectivity index (χ0v) is 9.10. The predicted molar refractivity (Wildman–Crippen MR) is 65.6 cm³/mol. The van der Waals surface area contributed by atoms with E-state index in [1.54, 1.807) is 0 Å². The van der Waals surface area contributed by atoms with Gasteiger partial charge in [0.25, 0.3) is 5.91 Å². The quantitative estimate of drug-likeness (QED) is 0.700. The Morgan fingerprint density at radius 3 is 2.94 bits per heavy atom. The van der Waals surface area contributed by atoms with Crippen LogP contribution in [0.5, 0.6) is 0 Å². The molecule has 0 fully saturated rings. The number of carbonyl (C=O) groups is 1. The fraction of sp³-hybridized carbons (Fsp3) is 0.167. The molecule has 2 aromatic rings. The van der Waals surface area contributed by atoms with Crippen molar-refractivity contribution in [3.8, 4) is 0 Å². The summed E-state index contributed by atoms with van der Waals surface area (Å²) < 4.78 is 0. The number of guanidine groups is 1. The molecule has 3 rings (SSSR count). The van der Waals surface area contributed by atoms with E-state index in [2.05, 4.69) is 15.3 Å². The minimum atomic E-state index is -0.408. The third-order valence-electron chi connectivity index (χ3n) is 2.94. The van der Waals surface area contributed by atoms with Crippen LogP contribution in [-0.2, 0) is 11.2 Å². The van der Waals surface area contributed by atoms with Crippen LogP contribution >= 0.6 is 0 Å². The summed E-state index contributed by atoms with van der Waals surface area (Å²) >= 11 is 0. The van der Waals surface area contributed by atoms with Crippen molar-refractivity contribution in [2.45, 2.75) is 12.5 Å². The average Bonchev–Trinajstić information content (AvgIpc) is 2.85. The van der Waals surface area contributed by atoms with Crippen molar-refractivity contribution < 1.29 is 4.79 Å². The van der Waals surface area contributed by atoms with Crippen LogP contribution in [0.3, 0.4) is 0 Å². The molecule has 1 amide bonds. The van der Waals surface area contributed by atoms with Gasteiger partial charge in [0, 0.05) is 23.5 Å². The number of H-pyrrole nitrogens is 1. The normalized spacial score (nSPS) is 19.4. The van der Waals surface area contributed by atoms with Crippen LogP contribution in [0.1, 0.15) is 5.56 Å². The molecule has 0 bridgehead atoms. The number of aromatic nitrogens is 1. The molecule has 17 heavy (non-hydrogen) atoms. The predicted octanol–water partition coefficient (Wildman–Crippen LogP) is 0.523. The maximum absolute atomic E-state index is 11.5. The number of carbonyl (C=O) groups excluding carboxylic acids is 1. The first-order valence-corrected chi connectivity index (χ1v) is 5.43. The van der Waals surface area contributed by atoms with Gasteiger partial charge in [-0.05, 0) is 11.6 Å². The SMILES string of the molecule is NC1=N[C@H](Cc2c[nH]c3ccccc23)C(=O)N1. The van der Waals surface area contributed by atoms with E-state index in [0.29, 0.717) is 6.42 Å².